The highest BCUT2D eigenvalue weighted by molar-refractivity contribution is 6.37. The van der Waals surface area contributed by atoms with Crippen molar-refractivity contribution in [2.75, 3.05) is 6.61 Å². The number of hydrogen-bond donors (Lipinski definition) is 1. The summed E-state index contributed by atoms with van der Waals surface area (Å²) in [6, 6.07) is -0.0761. The van der Waals surface area contributed by atoms with Gasteiger partial charge in [-0.15, -0.1) is 0 Å². The van der Waals surface area contributed by atoms with Crippen LogP contribution in [0.5, 0.6) is 5.75 Å². The maximum absolute atomic E-state index is 5.78. The molecule has 0 spiro atoms. The van der Waals surface area contributed by atoms with E-state index in [2.05, 4.69) is 9.97 Å². The zero-order chi connectivity index (χ0) is 11.4. The molecule has 0 saturated carbocycles. The van der Waals surface area contributed by atoms with Crippen molar-refractivity contribution in [2.45, 2.75) is 19.4 Å². The van der Waals surface area contributed by atoms with Crippen LogP contribution in [0.15, 0.2) is 0 Å². The van der Waals surface area contributed by atoms with Crippen LogP contribution in [-0.4, -0.2) is 22.6 Å². The molecule has 0 aliphatic rings. The molecular formula is C8H10Cl3N3O. The first-order chi connectivity index (χ1) is 7.04. The van der Waals surface area contributed by atoms with Crippen LogP contribution in [0.2, 0.25) is 15.6 Å². The minimum atomic E-state index is -0.0761. The Kier molecular flexibility index (Phi) is 4.86. The van der Waals surface area contributed by atoms with Crippen LogP contribution >= 0.6 is 34.8 Å². The maximum Gasteiger partial charge on any atom is 0.225 e. The highest BCUT2D eigenvalue weighted by Crippen LogP contribution is 2.30. The number of hydrogen-bond acceptors (Lipinski definition) is 4. The molecule has 0 bridgehead atoms. The van der Waals surface area contributed by atoms with Crippen molar-refractivity contribution >= 4 is 34.8 Å². The van der Waals surface area contributed by atoms with Crippen molar-refractivity contribution in [3.05, 3.63) is 15.6 Å². The standard InChI is InChI=1S/C8H10Cl3N3O/c1-2-4(12)3-15-5-6(9)13-8(11)14-7(5)10/h4H,2-3,12H2,1H3. The fraction of sp³-hybridized carbons (Fsp3) is 0.500. The van der Waals surface area contributed by atoms with Gasteiger partial charge in [0.2, 0.25) is 5.28 Å². The monoisotopic (exact) mass is 269 g/mol. The highest BCUT2D eigenvalue weighted by Gasteiger charge is 2.13. The van der Waals surface area contributed by atoms with Gasteiger partial charge in [0, 0.05) is 6.04 Å². The molecule has 1 aromatic rings. The van der Waals surface area contributed by atoms with Crippen LogP contribution in [0.3, 0.4) is 0 Å². The summed E-state index contributed by atoms with van der Waals surface area (Å²) in [6.07, 6.45) is 0.795. The quantitative estimate of drug-likeness (QED) is 0.675. The van der Waals surface area contributed by atoms with Crippen LogP contribution in [0.1, 0.15) is 13.3 Å². The molecule has 7 heteroatoms. The van der Waals surface area contributed by atoms with Crippen LogP contribution in [0.25, 0.3) is 0 Å². The van der Waals surface area contributed by atoms with Gasteiger partial charge in [-0.3, -0.25) is 0 Å². The Morgan fingerprint density at radius 3 is 2.27 bits per heavy atom. The second-order valence-electron chi connectivity index (χ2n) is 2.88. The minimum absolute atomic E-state index is 0.0165. The molecule has 1 heterocycles. The van der Waals surface area contributed by atoms with Gasteiger partial charge < -0.3 is 10.5 Å². The summed E-state index contributed by atoms with van der Waals surface area (Å²) in [5.74, 6) is 0.214. The molecule has 1 unspecified atom stereocenters. The third kappa shape index (κ3) is 3.65. The molecule has 0 aromatic carbocycles. The van der Waals surface area contributed by atoms with E-state index in [0.29, 0.717) is 6.61 Å². The van der Waals surface area contributed by atoms with E-state index in [1.807, 2.05) is 6.92 Å². The predicted molar refractivity (Wildman–Crippen MR) is 60.8 cm³/mol. The molecule has 4 nitrogen and oxygen atoms in total. The molecule has 0 fully saturated rings. The van der Waals surface area contributed by atoms with Gasteiger partial charge in [0.15, 0.2) is 16.1 Å². The van der Waals surface area contributed by atoms with Crippen LogP contribution in [0, 0.1) is 0 Å². The Balaban J connectivity index is 2.77. The Morgan fingerprint density at radius 2 is 1.80 bits per heavy atom. The largest absolute Gasteiger partial charge is 0.486 e. The molecule has 0 aliphatic heterocycles. The predicted octanol–water partition coefficient (Wildman–Crippen LogP) is 2.55. The lowest BCUT2D eigenvalue weighted by molar-refractivity contribution is 0.283. The van der Waals surface area contributed by atoms with Gasteiger partial charge in [-0.05, 0) is 18.0 Å². The van der Waals surface area contributed by atoms with Gasteiger partial charge in [0.25, 0.3) is 0 Å². The lowest BCUT2D eigenvalue weighted by Crippen LogP contribution is -2.26. The third-order valence-corrected chi connectivity index (χ3v) is 2.40. The lowest BCUT2D eigenvalue weighted by Gasteiger charge is -2.12. The first-order valence-corrected chi connectivity index (χ1v) is 5.45. The summed E-state index contributed by atoms with van der Waals surface area (Å²) in [6.45, 7) is 2.26. The van der Waals surface area contributed by atoms with Gasteiger partial charge in [-0.2, -0.15) is 0 Å². The van der Waals surface area contributed by atoms with Crippen LogP contribution in [0.4, 0.5) is 0 Å². The number of nitrogens with zero attached hydrogens (tertiary/aromatic N) is 2. The smallest absolute Gasteiger partial charge is 0.225 e. The summed E-state index contributed by atoms with van der Waals surface area (Å²) in [5.41, 5.74) is 5.67. The van der Waals surface area contributed by atoms with Crippen LogP contribution < -0.4 is 10.5 Å². The van der Waals surface area contributed by atoms with Crippen molar-refractivity contribution < 1.29 is 4.74 Å². The Bertz CT molecular complexity index is 325. The molecule has 0 saturated heterocycles. The molecule has 84 valence electrons. The fourth-order valence-electron chi connectivity index (χ4n) is 0.801. The summed E-state index contributed by atoms with van der Waals surface area (Å²) in [5, 5.41) is 0.156. The molecule has 0 radical (unpaired) electrons. The number of halogens is 3. The van der Waals surface area contributed by atoms with E-state index in [1.54, 1.807) is 0 Å². The van der Waals surface area contributed by atoms with Gasteiger partial charge >= 0.3 is 0 Å². The fourth-order valence-corrected chi connectivity index (χ4v) is 1.55. The summed E-state index contributed by atoms with van der Waals surface area (Å²) in [4.78, 5) is 7.42. The summed E-state index contributed by atoms with van der Waals surface area (Å²) < 4.78 is 5.30. The van der Waals surface area contributed by atoms with Gasteiger partial charge in [-0.1, -0.05) is 30.1 Å². The first-order valence-electron chi connectivity index (χ1n) is 4.31. The lowest BCUT2D eigenvalue weighted by atomic mass is 10.3. The zero-order valence-corrected chi connectivity index (χ0v) is 10.3. The van der Waals surface area contributed by atoms with Crippen LogP contribution in [-0.2, 0) is 0 Å². The molecule has 2 N–H and O–H groups in total. The van der Waals surface area contributed by atoms with Crippen molar-refractivity contribution in [1.82, 2.24) is 9.97 Å². The number of nitrogens with two attached hydrogens (primary N) is 1. The first kappa shape index (κ1) is 12.8. The van der Waals surface area contributed by atoms with E-state index >= 15 is 0 Å². The minimum Gasteiger partial charge on any atom is -0.486 e. The average Bonchev–Trinajstić information content (AvgIpc) is 2.15. The van der Waals surface area contributed by atoms with Crippen molar-refractivity contribution in [2.24, 2.45) is 5.73 Å². The van der Waals surface area contributed by atoms with E-state index in [4.69, 9.17) is 45.3 Å². The van der Waals surface area contributed by atoms with E-state index in [0.717, 1.165) is 6.42 Å². The SMILES string of the molecule is CCC(N)COc1c(Cl)nc(Cl)nc1Cl. The molecule has 1 rings (SSSR count). The second-order valence-corrected chi connectivity index (χ2v) is 3.94. The molecule has 15 heavy (non-hydrogen) atoms. The van der Waals surface area contributed by atoms with Crippen molar-refractivity contribution in [3.8, 4) is 5.75 Å². The number of ether oxygens (including phenoxy) is 1. The van der Waals surface area contributed by atoms with Gasteiger partial charge in [-0.25, -0.2) is 9.97 Å². The van der Waals surface area contributed by atoms with E-state index in [9.17, 15) is 0 Å². The normalized spacial score (nSPS) is 12.6. The highest BCUT2D eigenvalue weighted by atomic mass is 35.5. The average molecular weight is 271 g/mol. The molecule has 1 atom stereocenters. The molecule has 0 aliphatic carbocycles. The Labute approximate surface area is 103 Å². The third-order valence-electron chi connectivity index (χ3n) is 1.72. The Hall–Kier alpha value is -0.290. The van der Waals surface area contributed by atoms with Gasteiger partial charge in [0.05, 0.1) is 0 Å². The number of aromatic nitrogens is 2. The molecule has 0 amide bonds. The van der Waals surface area contributed by atoms with Gasteiger partial charge in [0.1, 0.15) is 6.61 Å². The molecular weight excluding hydrogens is 260 g/mol. The zero-order valence-electron chi connectivity index (χ0n) is 8.01. The topological polar surface area (TPSA) is 61.0 Å². The van der Waals surface area contributed by atoms with E-state index in [-0.39, 0.29) is 27.4 Å². The van der Waals surface area contributed by atoms with Crippen molar-refractivity contribution in [1.29, 1.82) is 0 Å². The summed E-state index contributed by atoms with van der Waals surface area (Å²) in [7, 11) is 0. The number of rotatable bonds is 4. The summed E-state index contributed by atoms with van der Waals surface area (Å²) >= 11 is 17.1. The maximum atomic E-state index is 5.78. The van der Waals surface area contributed by atoms with E-state index in [1.165, 1.54) is 0 Å². The van der Waals surface area contributed by atoms with Crippen molar-refractivity contribution in [3.63, 3.8) is 0 Å². The molecule has 1 aromatic heterocycles. The second kappa shape index (κ2) is 5.70. The Morgan fingerprint density at radius 1 is 1.27 bits per heavy atom. The van der Waals surface area contributed by atoms with E-state index < -0.39 is 0 Å².